The van der Waals surface area contributed by atoms with Gasteiger partial charge in [0.15, 0.2) is 5.78 Å². The van der Waals surface area contributed by atoms with Gasteiger partial charge in [-0.3, -0.25) is 9.59 Å². The van der Waals surface area contributed by atoms with Crippen molar-refractivity contribution < 1.29 is 23.9 Å². The Morgan fingerprint density at radius 2 is 1.84 bits per heavy atom. The Morgan fingerprint density at radius 3 is 2.36 bits per heavy atom. The number of nitrogens with one attached hydrogen (secondary N) is 2. The van der Waals surface area contributed by atoms with Crippen molar-refractivity contribution in [2.24, 2.45) is 5.92 Å². The maximum atomic E-state index is 12.6. The lowest BCUT2D eigenvalue weighted by Gasteiger charge is -2.29. The lowest BCUT2D eigenvalue weighted by molar-refractivity contribution is -0.153. The minimum Gasteiger partial charge on any atom is -0.461 e. The number of rotatable bonds is 10. The average molecular weight is 354 g/mol. The minimum absolute atomic E-state index is 0.00270. The number of Topliss-reactive ketones (excluding diaryl/α,β-unsaturated/α-hetero) is 1. The fraction of sp³-hybridized carbons (Fsp3) is 0.778. The van der Waals surface area contributed by atoms with E-state index in [1.54, 1.807) is 13.8 Å². The zero-order chi connectivity index (χ0) is 18.8. The summed E-state index contributed by atoms with van der Waals surface area (Å²) in [6, 6.07) is -0.917. The van der Waals surface area contributed by atoms with Gasteiger partial charge in [0, 0.05) is 13.5 Å². The number of esters is 1. The molecular formula is C18H30N2O5. The van der Waals surface area contributed by atoms with Gasteiger partial charge in [0.1, 0.15) is 12.1 Å². The van der Waals surface area contributed by atoms with Crippen LogP contribution in [0.15, 0.2) is 0 Å². The van der Waals surface area contributed by atoms with E-state index in [1.165, 1.54) is 13.5 Å². The predicted octanol–water partition coefficient (Wildman–Crippen LogP) is 2.02. The molecule has 0 unspecified atom stereocenters. The van der Waals surface area contributed by atoms with Crippen LogP contribution in [0.4, 0.5) is 0 Å². The van der Waals surface area contributed by atoms with Crippen molar-refractivity contribution in [1.82, 2.24) is 5.32 Å². The van der Waals surface area contributed by atoms with Gasteiger partial charge in [-0.05, 0) is 39.0 Å². The highest BCUT2D eigenvalue weighted by molar-refractivity contribution is 6.26. The molecule has 1 aliphatic carbocycles. The van der Waals surface area contributed by atoms with E-state index in [0.717, 1.165) is 25.7 Å². The average Bonchev–Trinajstić information content (AvgIpc) is 2.59. The molecule has 0 aromatic carbocycles. The zero-order valence-corrected chi connectivity index (χ0v) is 15.4. The summed E-state index contributed by atoms with van der Waals surface area (Å²) in [4.78, 5) is 36.2. The molecule has 0 bridgehead atoms. The van der Waals surface area contributed by atoms with Crippen molar-refractivity contribution in [3.63, 3.8) is 0 Å². The minimum atomic E-state index is -0.917. The molecule has 25 heavy (non-hydrogen) atoms. The van der Waals surface area contributed by atoms with Crippen LogP contribution in [0.25, 0.3) is 0 Å². The van der Waals surface area contributed by atoms with Crippen molar-refractivity contribution in [1.29, 1.82) is 5.41 Å². The highest BCUT2D eigenvalue weighted by atomic mass is 16.5. The lowest BCUT2D eigenvalue weighted by atomic mass is 9.84. The van der Waals surface area contributed by atoms with E-state index in [2.05, 4.69) is 5.32 Å². The van der Waals surface area contributed by atoms with Gasteiger partial charge >= 0.3 is 5.97 Å². The van der Waals surface area contributed by atoms with Crippen molar-refractivity contribution >= 4 is 23.9 Å². The number of hydrogen-bond donors (Lipinski definition) is 2. The first-order valence-corrected chi connectivity index (χ1v) is 8.96. The molecule has 0 radical (unpaired) electrons. The van der Waals surface area contributed by atoms with Crippen LogP contribution >= 0.6 is 0 Å². The Bertz CT molecular complexity index is 472. The summed E-state index contributed by atoms with van der Waals surface area (Å²) in [7, 11) is 1.50. The Labute approximate surface area is 149 Å². The van der Waals surface area contributed by atoms with Crippen LogP contribution in [-0.4, -0.2) is 49.2 Å². The van der Waals surface area contributed by atoms with Crippen LogP contribution in [0.2, 0.25) is 0 Å². The summed E-state index contributed by atoms with van der Waals surface area (Å²) in [6.45, 7) is 3.44. The molecule has 0 saturated heterocycles. The van der Waals surface area contributed by atoms with E-state index in [9.17, 15) is 14.4 Å². The van der Waals surface area contributed by atoms with Crippen molar-refractivity contribution in [3.05, 3.63) is 0 Å². The molecule has 0 aromatic heterocycles. The second kappa shape index (κ2) is 11.0. The molecule has 1 amide bonds. The summed E-state index contributed by atoms with van der Waals surface area (Å²) in [5, 5.41) is 9.63. The molecule has 7 heteroatoms. The summed E-state index contributed by atoms with van der Waals surface area (Å²) < 4.78 is 10.6. The van der Waals surface area contributed by atoms with Gasteiger partial charge in [-0.2, -0.15) is 0 Å². The molecule has 2 atom stereocenters. The number of carbonyl (C=O) groups excluding carboxylic acids is 3. The largest absolute Gasteiger partial charge is 0.461 e. The molecule has 1 aliphatic rings. The Hall–Kier alpha value is -1.76. The van der Waals surface area contributed by atoms with Crippen LogP contribution in [0.1, 0.15) is 58.8 Å². The molecule has 0 aromatic rings. The van der Waals surface area contributed by atoms with E-state index in [0.29, 0.717) is 6.21 Å². The lowest BCUT2D eigenvalue weighted by Crippen LogP contribution is -2.49. The number of ether oxygens (including phenoxy) is 2. The molecule has 2 N–H and O–H groups in total. The highest BCUT2D eigenvalue weighted by Crippen LogP contribution is 2.28. The number of hydrogen-bond acceptors (Lipinski definition) is 6. The van der Waals surface area contributed by atoms with Gasteiger partial charge in [0.05, 0.1) is 12.3 Å². The normalized spacial score (nSPS) is 17.6. The summed E-state index contributed by atoms with van der Waals surface area (Å²) >= 11 is 0. The molecule has 7 nitrogen and oxygen atoms in total. The molecular weight excluding hydrogens is 324 g/mol. The van der Waals surface area contributed by atoms with Gasteiger partial charge < -0.3 is 20.2 Å². The van der Waals surface area contributed by atoms with Crippen LogP contribution in [0.3, 0.4) is 0 Å². The first-order chi connectivity index (χ1) is 11.9. The van der Waals surface area contributed by atoms with Gasteiger partial charge in [-0.25, -0.2) is 4.79 Å². The van der Waals surface area contributed by atoms with E-state index >= 15 is 0 Å². The first-order valence-electron chi connectivity index (χ1n) is 8.96. The highest BCUT2D eigenvalue weighted by Gasteiger charge is 2.32. The maximum absolute atomic E-state index is 12.6. The number of amides is 1. The molecule has 0 spiro atoms. The van der Waals surface area contributed by atoms with Crippen LogP contribution in [0, 0.1) is 11.3 Å². The summed E-state index contributed by atoms with van der Waals surface area (Å²) in [5.41, 5.74) is 0. The fourth-order valence-electron chi connectivity index (χ4n) is 3.13. The van der Waals surface area contributed by atoms with Crippen LogP contribution < -0.4 is 5.32 Å². The van der Waals surface area contributed by atoms with Crippen LogP contribution in [-0.2, 0) is 23.9 Å². The number of carbonyl (C=O) groups is 3. The van der Waals surface area contributed by atoms with Crippen molar-refractivity contribution in [3.8, 4) is 0 Å². The first kappa shape index (κ1) is 21.3. The van der Waals surface area contributed by atoms with E-state index < -0.39 is 23.9 Å². The molecule has 1 rings (SSSR count). The third-order valence-corrected chi connectivity index (χ3v) is 4.38. The molecule has 1 saturated carbocycles. The molecule has 0 heterocycles. The van der Waals surface area contributed by atoms with E-state index in [-0.39, 0.29) is 30.8 Å². The maximum Gasteiger partial charge on any atom is 0.328 e. The topological polar surface area (TPSA) is 106 Å². The summed E-state index contributed by atoms with van der Waals surface area (Å²) in [6.07, 6.45) is 5.08. The van der Waals surface area contributed by atoms with Crippen molar-refractivity contribution in [2.45, 2.75) is 77.0 Å². The molecule has 142 valence electrons. The second-order valence-electron chi connectivity index (χ2n) is 6.75. The fourth-order valence-corrected chi connectivity index (χ4v) is 3.13. The SMILES string of the molecule is CO[C@H](C(=O)N[C@@H](CCC(=O)C=N)C(=O)OC(C)C)C1CCCCC1. The Morgan fingerprint density at radius 1 is 1.20 bits per heavy atom. The predicted molar refractivity (Wildman–Crippen MR) is 93.6 cm³/mol. The van der Waals surface area contributed by atoms with Gasteiger partial charge in [0.2, 0.25) is 5.91 Å². The Balaban J connectivity index is 2.74. The second-order valence-corrected chi connectivity index (χ2v) is 6.75. The van der Waals surface area contributed by atoms with Gasteiger partial charge in [0.25, 0.3) is 0 Å². The van der Waals surface area contributed by atoms with E-state index in [1.807, 2.05) is 0 Å². The van der Waals surface area contributed by atoms with Crippen molar-refractivity contribution in [2.75, 3.05) is 7.11 Å². The number of ketones is 1. The smallest absolute Gasteiger partial charge is 0.328 e. The van der Waals surface area contributed by atoms with Crippen LogP contribution in [0.5, 0.6) is 0 Å². The van der Waals surface area contributed by atoms with E-state index in [4.69, 9.17) is 14.9 Å². The third kappa shape index (κ3) is 7.34. The monoisotopic (exact) mass is 354 g/mol. The molecule has 1 fully saturated rings. The Kier molecular flexibility index (Phi) is 9.34. The summed E-state index contributed by atoms with van der Waals surface area (Å²) in [5.74, 6) is -1.17. The van der Waals surface area contributed by atoms with Gasteiger partial charge in [-0.1, -0.05) is 19.3 Å². The molecule has 0 aliphatic heterocycles. The van der Waals surface area contributed by atoms with Gasteiger partial charge in [-0.15, -0.1) is 0 Å². The standard InChI is InChI=1S/C18H30N2O5/c1-12(2)25-18(23)15(10-9-14(21)11-19)20-17(22)16(24-3)13-7-5-4-6-8-13/h11-13,15-16,19H,4-10H2,1-3H3,(H,20,22)/t15-,16-/m0/s1. The quantitative estimate of drug-likeness (QED) is 0.461. The zero-order valence-electron chi connectivity index (χ0n) is 15.4. The third-order valence-electron chi connectivity index (χ3n) is 4.38. The number of methoxy groups -OCH3 is 1.